The highest BCUT2D eigenvalue weighted by Gasteiger charge is 2.05. The molecule has 0 radical (unpaired) electrons. The Labute approximate surface area is 80.1 Å². The summed E-state index contributed by atoms with van der Waals surface area (Å²) in [5.74, 6) is 0. The molecular weight excluding hydrogens is 192 g/mol. The van der Waals surface area contributed by atoms with Crippen LogP contribution in [0.1, 0.15) is 11.9 Å². The van der Waals surface area contributed by atoms with Crippen LogP contribution in [0.15, 0.2) is 12.2 Å². The van der Waals surface area contributed by atoms with E-state index >= 15 is 0 Å². The van der Waals surface area contributed by atoms with E-state index in [4.69, 9.17) is 17.0 Å². The standard InChI is InChI=1S/C7H8N2OS2/c1-4(2)6(11)10-7-9-8-5(3)12-7/h1H2,2-3H3. The summed E-state index contributed by atoms with van der Waals surface area (Å²) in [5.41, 5.74) is 0.720. The Morgan fingerprint density at radius 1 is 1.58 bits per heavy atom. The van der Waals surface area contributed by atoms with Gasteiger partial charge in [0.15, 0.2) is 5.05 Å². The molecule has 0 unspecified atom stereocenters. The zero-order chi connectivity index (χ0) is 9.14. The smallest absolute Gasteiger partial charge is 0.300 e. The maximum Gasteiger partial charge on any atom is 0.300 e. The molecular formula is C7H8N2OS2. The van der Waals surface area contributed by atoms with Crippen molar-refractivity contribution >= 4 is 28.6 Å². The van der Waals surface area contributed by atoms with Gasteiger partial charge in [-0.25, -0.2) is 0 Å². The highest BCUT2D eigenvalue weighted by Crippen LogP contribution is 2.17. The summed E-state index contributed by atoms with van der Waals surface area (Å²) in [6.07, 6.45) is 0. The van der Waals surface area contributed by atoms with Crippen LogP contribution in [-0.4, -0.2) is 15.2 Å². The van der Waals surface area contributed by atoms with Gasteiger partial charge in [-0.3, -0.25) is 0 Å². The van der Waals surface area contributed by atoms with Crippen molar-refractivity contribution in [3.05, 3.63) is 17.2 Å². The summed E-state index contributed by atoms with van der Waals surface area (Å²) in [5, 5.41) is 9.23. The van der Waals surface area contributed by atoms with Gasteiger partial charge in [0, 0.05) is 0 Å². The van der Waals surface area contributed by atoms with E-state index < -0.39 is 0 Å². The van der Waals surface area contributed by atoms with E-state index in [-0.39, 0.29) is 0 Å². The fourth-order valence-electron chi connectivity index (χ4n) is 0.486. The highest BCUT2D eigenvalue weighted by atomic mass is 32.1. The summed E-state index contributed by atoms with van der Waals surface area (Å²) in [6, 6.07) is 0. The Kier molecular flexibility index (Phi) is 2.88. The summed E-state index contributed by atoms with van der Waals surface area (Å²) in [6.45, 7) is 7.29. The molecule has 0 saturated carbocycles. The van der Waals surface area contributed by atoms with Crippen LogP contribution in [0.4, 0.5) is 0 Å². The number of ether oxygens (including phenoxy) is 1. The molecule has 1 rings (SSSR count). The summed E-state index contributed by atoms with van der Waals surface area (Å²) < 4.78 is 5.17. The predicted octanol–water partition coefficient (Wildman–Crippen LogP) is 2.13. The molecule has 64 valence electrons. The first-order valence-corrected chi connectivity index (χ1v) is 4.50. The molecule has 5 heteroatoms. The second-order valence-electron chi connectivity index (χ2n) is 2.26. The molecule has 0 aromatic carbocycles. The van der Waals surface area contributed by atoms with Gasteiger partial charge < -0.3 is 4.74 Å². The van der Waals surface area contributed by atoms with Crippen LogP contribution in [0.5, 0.6) is 5.19 Å². The average Bonchev–Trinajstić information content (AvgIpc) is 2.35. The Bertz CT molecular complexity index is 319. The molecule has 0 fully saturated rings. The normalized spacial score (nSPS) is 9.50. The molecule has 0 saturated heterocycles. The third-order valence-electron chi connectivity index (χ3n) is 1.04. The fourth-order valence-corrected chi connectivity index (χ4v) is 1.16. The van der Waals surface area contributed by atoms with E-state index in [1.54, 1.807) is 6.92 Å². The molecule has 3 nitrogen and oxygen atoms in total. The lowest BCUT2D eigenvalue weighted by molar-refractivity contribution is 0.551. The molecule has 0 atom stereocenters. The number of thiocarbonyl (C=S) groups is 1. The molecule has 12 heavy (non-hydrogen) atoms. The van der Waals surface area contributed by atoms with Crippen LogP contribution in [0.2, 0.25) is 0 Å². The lowest BCUT2D eigenvalue weighted by atomic mass is 10.4. The Morgan fingerprint density at radius 2 is 2.25 bits per heavy atom. The van der Waals surface area contributed by atoms with E-state index in [1.165, 1.54) is 11.3 Å². The van der Waals surface area contributed by atoms with Gasteiger partial charge in [0.05, 0.1) is 0 Å². The van der Waals surface area contributed by atoms with Crippen molar-refractivity contribution in [1.29, 1.82) is 0 Å². The zero-order valence-electron chi connectivity index (χ0n) is 6.83. The minimum Gasteiger partial charge on any atom is -0.418 e. The van der Waals surface area contributed by atoms with Gasteiger partial charge in [-0.2, -0.15) is 0 Å². The molecule has 0 N–H and O–H groups in total. The lowest BCUT2D eigenvalue weighted by Crippen LogP contribution is -2.05. The monoisotopic (exact) mass is 200 g/mol. The Hall–Kier alpha value is -0.810. The SMILES string of the molecule is C=C(C)C(=S)Oc1nnc(C)s1. The van der Waals surface area contributed by atoms with Crippen molar-refractivity contribution in [2.45, 2.75) is 13.8 Å². The van der Waals surface area contributed by atoms with Gasteiger partial charge in [-0.1, -0.05) is 23.0 Å². The maximum absolute atomic E-state index is 5.17. The van der Waals surface area contributed by atoms with Gasteiger partial charge in [0.2, 0.25) is 0 Å². The summed E-state index contributed by atoms with van der Waals surface area (Å²) in [4.78, 5) is 0. The number of nitrogens with zero attached hydrogens (tertiary/aromatic N) is 2. The fraction of sp³-hybridized carbons (Fsp3) is 0.286. The van der Waals surface area contributed by atoms with Crippen LogP contribution in [-0.2, 0) is 0 Å². The van der Waals surface area contributed by atoms with E-state index in [0.717, 1.165) is 10.6 Å². The van der Waals surface area contributed by atoms with Crippen molar-refractivity contribution in [2.75, 3.05) is 0 Å². The lowest BCUT2D eigenvalue weighted by Gasteiger charge is -1.99. The third-order valence-corrected chi connectivity index (χ3v) is 2.18. The van der Waals surface area contributed by atoms with Gasteiger partial charge in [-0.05, 0) is 31.6 Å². The molecule has 0 amide bonds. The third kappa shape index (κ3) is 2.35. The van der Waals surface area contributed by atoms with Crippen molar-refractivity contribution in [2.24, 2.45) is 0 Å². The molecule has 0 spiro atoms. The van der Waals surface area contributed by atoms with Gasteiger partial charge >= 0.3 is 0 Å². The molecule has 0 aliphatic heterocycles. The number of hydrogen-bond acceptors (Lipinski definition) is 5. The van der Waals surface area contributed by atoms with E-state index in [0.29, 0.717) is 10.2 Å². The zero-order valence-corrected chi connectivity index (χ0v) is 8.46. The summed E-state index contributed by atoms with van der Waals surface area (Å²) >= 11 is 6.25. The molecule has 0 aliphatic rings. The first-order chi connectivity index (χ1) is 5.59. The predicted molar refractivity (Wildman–Crippen MR) is 52.7 cm³/mol. The minimum atomic E-state index is 0.367. The van der Waals surface area contributed by atoms with Crippen molar-refractivity contribution in [1.82, 2.24) is 10.2 Å². The van der Waals surface area contributed by atoms with Gasteiger partial charge in [-0.15, -0.1) is 5.10 Å². The second-order valence-corrected chi connectivity index (χ2v) is 3.77. The first-order valence-electron chi connectivity index (χ1n) is 3.27. The molecule has 0 aliphatic carbocycles. The number of aromatic nitrogens is 2. The molecule has 1 heterocycles. The van der Waals surface area contributed by atoms with E-state index in [1.807, 2.05) is 6.92 Å². The molecule has 0 bridgehead atoms. The Morgan fingerprint density at radius 3 is 2.67 bits per heavy atom. The quantitative estimate of drug-likeness (QED) is 0.541. The van der Waals surface area contributed by atoms with Gasteiger partial charge in [0.1, 0.15) is 5.01 Å². The molecule has 1 aromatic heterocycles. The van der Waals surface area contributed by atoms with Crippen LogP contribution < -0.4 is 4.74 Å². The van der Waals surface area contributed by atoms with E-state index in [9.17, 15) is 0 Å². The number of aryl methyl sites for hydroxylation is 1. The van der Waals surface area contributed by atoms with Crippen LogP contribution in [0.25, 0.3) is 0 Å². The topological polar surface area (TPSA) is 35.0 Å². The second kappa shape index (κ2) is 3.73. The van der Waals surface area contributed by atoms with Gasteiger partial charge in [0.25, 0.3) is 5.19 Å². The maximum atomic E-state index is 5.17. The van der Waals surface area contributed by atoms with Crippen LogP contribution >= 0.6 is 23.6 Å². The van der Waals surface area contributed by atoms with Crippen LogP contribution in [0.3, 0.4) is 0 Å². The number of rotatable bonds is 2. The summed E-state index contributed by atoms with van der Waals surface area (Å²) in [7, 11) is 0. The van der Waals surface area contributed by atoms with Crippen LogP contribution in [0, 0.1) is 6.92 Å². The first kappa shape index (κ1) is 9.28. The average molecular weight is 200 g/mol. The molecule has 1 aromatic rings. The number of hydrogen-bond donors (Lipinski definition) is 0. The highest BCUT2D eigenvalue weighted by molar-refractivity contribution is 7.80. The van der Waals surface area contributed by atoms with Crippen molar-refractivity contribution < 1.29 is 4.74 Å². The van der Waals surface area contributed by atoms with E-state index in [2.05, 4.69) is 16.8 Å². The Balaban J connectivity index is 2.64. The van der Waals surface area contributed by atoms with Crippen molar-refractivity contribution in [3.8, 4) is 5.19 Å². The largest absolute Gasteiger partial charge is 0.418 e. The van der Waals surface area contributed by atoms with Crippen molar-refractivity contribution in [3.63, 3.8) is 0 Å². The minimum absolute atomic E-state index is 0.367.